The molecule has 3 rings (SSSR count). The van der Waals surface area contributed by atoms with Crippen molar-refractivity contribution in [3.05, 3.63) is 24.2 Å². The van der Waals surface area contributed by atoms with Crippen LogP contribution in [0.1, 0.15) is 24.6 Å². The van der Waals surface area contributed by atoms with Gasteiger partial charge in [-0.05, 0) is 19.8 Å². The Morgan fingerprint density at radius 3 is 2.96 bits per heavy atom. The molecule has 0 aliphatic carbocycles. The average Bonchev–Trinajstić information content (AvgIpc) is 3.14. The number of aromatic nitrogens is 4. The molecule has 2 aromatic heterocycles. The molecule has 0 amide bonds. The molecule has 23 heavy (non-hydrogen) atoms. The van der Waals surface area contributed by atoms with Crippen molar-refractivity contribution in [2.24, 2.45) is 7.05 Å². The van der Waals surface area contributed by atoms with Crippen LogP contribution in [0, 0.1) is 6.92 Å². The van der Waals surface area contributed by atoms with Gasteiger partial charge in [0.1, 0.15) is 6.61 Å². The van der Waals surface area contributed by atoms with Crippen molar-refractivity contribution in [1.29, 1.82) is 0 Å². The molecule has 1 fully saturated rings. The second kappa shape index (κ2) is 6.38. The minimum atomic E-state index is -3.58. The van der Waals surface area contributed by atoms with Crippen molar-refractivity contribution < 1.29 is 17.7 Å². The van der Waals surface area contributed by atoms with E-state index in [2.05, 4.69) is 15.1 Å². The minimum Gasteiger partial charge on any atom is -0.367 e. The van der Waals surface area contributed by atoms with Gasteiger partial charge in [-0.25, -0.2) is 13.4 Å². The summed E-state index contributed by atoms with van der Waals surface area (Å²) in [6.07, 6.45) is 4.31. The summed E-state index contributed by atoms with van der Waals surface area (Å²) in [4.78, 5) is 8.01. The monoisotopic (exact) mass is 341 g/mol. The molecule has 10 heteroatoms. The van der Waals surface area contributed by atoms with E-state index >= 15 is 0 Å². The Balaban J connectivity index is 1.63. The van der Waals surface area contributed by atoms with Crippen LogP contribution in [0.15, 0.2) is 22.1 Å². The molecular formula is C13H19N5O4S. The van der Waals surface area contributed by atoms with Crippen LogP contribution in [0.5, 0.6) is 0 Å². The Kier molecular flexibility index (Phi) is 4.46. The quantitative estimate of drug-likeness (QED) is 0.779. The zero-order valence-corrected chi connectivity index (χ0v) is 13.9. The summed E-state index contributed by atoms with van der Waals surface area (Å²) in [7, 11) is -1.85. The van der Waals surface area contributed by atoms with Gasteiger partial charge < -0.3 is 13.8 Å². The van der Waals surface area contributed by atoms with Crippen molar-refractivity contribution >= 4 is 10.0 Å². The first-order chi connectivity index (χ1) is 10.9. The van der Waals surface area contributed by atoms with Gasteiger partial charge in [-0.1, -0.05) is 5.16 Å². The molecule has 126 valence electrons. The molecule has 0 N–H and O–H groups in total. The smallest absolute Gasteiger partial charge is 0.262 e. The Morgan fingerprint density at radius 2 is 2.30 bits per heavy atom. The van der Waals surface area contributed by atoms with Crippen LogP contribution in [-0.2, 0) is 28.4 Å². The van der Waals surface area contributed by atoms with Gasteiger partial charge in [-0.2, -0.15) is 9.29 Å². The van der Waals surface area contributed by atoms with Gasteiger partial charge in [-0.15, -0.1) is 0 Å². The van der Waals surface area contributed by atoms with Crippen molar-refractivity contribution in [1.82, 2.24) is 24.0 Å². The van der Waals surface area contributed by atoms with Gasteiger partial charge in [0, 0.05) is 26.3 Å². The first kappa shape index (κ1) is 16.1. The van der Waals surface area contributed by atoms with Gasteiger partial charge in [0.2, 0.25) is 0 Å². The molecule has 1 aliphatic heterocycles. The molecular weight excluding hydrogens is 322 g/mol. The number of piperidine rings is 1. The summed E-state index contributed by atoms with van der Waals surface area (Å²) in [5.74, 6) is 0.943. The molecule has 0 saturated carbocycles. The fourth-order valence-corrected chi connectivity index (χ4v) is 3.98. The first-order valence-electron chi connectivity index (χ1n) is 7.34. The van der Waals surface area contributed by atoms with Crippen LogP contribution in [0.2, 0.25) is 0 Å². The Bertz CT molecular complexity index is 769. The number of sulfonamides is 1. The highest BCUT2D eigenvalue weighted by Gasteiger charge is 2.32. The molecule has 9 nitrogen and oxygen atoms in total. The maximum absolute atomic E-state index is 12.6. The Labute approximate surface area is 134 Å². The molecule has 1 unspecified atom stereocenters. The Morgan fingerprint density at radius 1 is 1.48 bits per heavy atom. The van der Waals surface area contributed by atoms with E-state index in [0.29, 0.717) is 24.8 Å². The lowest BCUT2D eigenvalue weighted by Gasteiger charge is -2.30. The number of imidazole rings is 1. The van der Waals surface area contributed by atoms with Crippen LogP contribution < -0.4 is 0 Å². The SMILES string of the molecule is Cc1noc(COC2CCCN(S(=O)(=O)c3cn(C)cn3)C2)n1. The normalized spacial score (nSPS) is 20.0. The highest BCUT2D eigenvalue weighted by atomic mass is 32.2. The minimum absolute atomic E-state index is 0.0631. The van der Waals surface area contributed by atoms with E-state index in [-0.39, 0.29) is 17.7 Å². The lowest BCUT2D eigenvalue weighted by molar-refractivity contribution is -0.00299. The largest absolute Gasteiger partial charge is 0.367 e. The fourth-order valence-electron chi connectivity index (χ4n) is 2.50. The Hall–Kier alpha value is -1.78. The predicted molar refractivity (Wildman–Crippen MR) is 78.8 cm³/mol. The number of hydrogen-bond acceptors (Lipinski definition) is 7. The third-order valence-electron chi connectivity index (χ3n) is 3.64. The maximum atomic E-state index is 12.6. The van der Waals surface area contributed by atoms with Gasteiger partial charge in [0.25, 0.3) is 15.9 Å². The van der Waals surface area contributed by atoms with E-state index in [1.807, 2.05) is 0 Å². The summed E-state index contributed by atoms with van der Waals surface area (Å²) in [6.45, 7) is 2.68. The van der Waals surface area contributed by atoms with Crippen LogP contribution in [0.4, 0.5) is 0 Å². The molecule has 3 heterocycles. The van der Waals surface area contributed by atoms with Crippen molar-refractivity contribution in [2.45, 2.75) is 37.5 Å². The van der Waals surface area contributed by atoms with Crippen LogP contribution in [0.3, 0.4) is 0 Å². The molecule has 0 bridgehead atoms. The van der Waals surface area contributed by atoms with E-state index in [1.165, 1.54) is 16.8 Å². The average molecular weight is 341 g/mol. The van der Waals surface area contributed by atoms with Gasteiger partial charge in [-0.3, -0.25) is 0 Å². The fraction of sp³-hybridized carbons (Fsp3) is 0.615. The van der Waals surface area contributed by atoms with Crippen LogP contribution in [0.25, 0.3) is 0 Å². The summed E-state index contributed by atoms with van der Waals surface area (Å²) < 4.78 is 38.9. The predicted octanol–water partition coefficient (Wildman–Crippen LogP) is 0.481. The van der Waals surface area contributed by atoms with Crippen molar-refractivity contribution in [3.8, 4) is 0 Å². The van der Waals surface area contributed by atoms with E-state index in [4.69, 9.17) is 9.26 Å². The first-order valence-corrected chi connectivity index (χ1v) is 8.78. The van der Waals surface area contributed by atoms with Crippen molar-refractivity contribution in [3.63, 3.8) is 0 Å². The van der Waals surface area contributed by atoms with Gasteiger partial charge in [0.15, 0.2) is 10.9 Å². The summed E-state index contributed by atoms with van der Waals surface area (Å²) >= 11 is 0. The molecule has 1 atom stereocenters. The molecule has 1 saturated heterocycles. The van der Waals surface area contributed by atoms with E-state index in [1.54, 1.807) is 18.5 Å². The third-order valence-corrected chi connectivity index (χ3v) is 5.39. The van der Waals surface area contributed by atoms with E-state index in [9.17, 15) is 8.42 Å². The third kappa shape index (κ3) is 3.59. The number of hydrogen-bond donors (Lipinski definition) is 0. The number of rotatable bonds is 5. The van der Waals surface area contributed by atoms with Gasteiger partial charge in [0.05, 0.1) is 12.4 Å². The number of aryl methyl sites for hydroxylation is 2. The van der Waals surface area contributed by atoms with Gasteiger partial charge >= 0.3 is 0 Å². The second-order valence-corrected chi connectivity index (χ2v) is 7.44. The highest BCUT2D eigenvalue weighted by Crippen LogP contribution is 2.21. The lowest BCUT2D eigenvalue weighted by atomic mass is 10.1. The molecule has 0 radical (unpaired) electrons. The van der Waals surface area contributed by atoms with Crippen LogP contribution in [-0.4, -0.2) is 51.6 Å². The maximum Gasteiger partial charge on any atom is 0.262 e. The molecule has 0 spiro atoms. The standard InChI is InChI=1S/C13H19N5O4S/c1-10-15-12(22-16-10)8-21-11-4-3-5-18(6-11)23(19,20)13-7-17(2)9-14-13/h7,9,11H,3-6,8H2,1-2H3. The molecule has 1 aliphatic rings. The van der Waals surface area contributed by atoms with Crippen molar-refractivity contribution in [2.75, 3.05) is 13.1 Å². The zero-order valence-electron chi connectivity index (χ0n) is 13.0. The second-order valence-electron chi connectivity index (χ2n) is 5.55. The molecule has 2 aromatic rings. The summed E-state index contributed by atoms with van der Waals surface area (Å²) in [5, 5.41) is 3.76. The van der Waals surface area contributed by atoms with E-state index in [0.717, 1.165) is 12.8 Å². The number of ether oxygens (including phenoxy) is 1. The number of nitrogens with zero attached hydrogens (tertiary/aromatic N) is 5. The topological polar surface area (TPSA) is 103 Å². The van der Waals surface area contributed by atoms with Crippen LogP contribution >= 0.6 is 0 Å². The van der Waals surface area contributed by atoms with E-state index < -0.39 is 10.0 Å². The zero-order chi connectivity index (χ0) is 16.4. The highest BCUT2D eigenvalue weighted by molar-refractivity contribution is 7.89. The molecule has 0 aromatic carbocycles. The summed E-state index contributed by atoms with van der Waals surface area (Å²) in [6, 6.07) is 0. The lowest BCUT2D eigenvalue weighted by Crippen LogP contribution is -2.43. The summed E-state index contributed by atoms with van der Waals surface area (Å²) in [5.41, 5.74) is 0.